The second-order valence-electron chi connectivity index (χ2n) is 10.0. The molecule has 1 aliphatic carbocycles. The van der Waals surface area contributed by atoms with Crippen molar-refractivity contribution in [1.29, 1.82) is 0 Å². The van der Waals surface area contributed by atoms with Crippen LogP contribution in [0.25, 0.3) is 11.1 Å². The van der Waals surface area contributed by atoms with Crippen LogP contribution in [0.3, 0.4) is 0 Å². The molecular formula is C29H40N2O2. The largest absolute Gasteiger partial charge is 0.494 e. The van der Waals surface area contributed by atoms with Gasteiger partial charge in [-0.05, 0) is 118 Å². The number of likely N-dealkylation sites (tertiary alicyclic amines) is 2. The average molecular weight is 449 g/mol. The Bertz CT molecular complexity index is 827. The quantitative estimate of drug-likeness (QED) is 0.368. The lowest BCUT2D eigenvalue weighted by Gasteiger charge is -2.26. The summed E-state index contributed by atoms with van der Waals surface area (Å²) in [6, 6.07) is 13.2. The van der Waals surface area contributed by atoms with Crippen LogP contribution >= 0.6 is 0 Å². The van der Waals surface area contributed by atoms with Gasteiger partial charge in [0.2, 0.25) is 0 Å². The number of rotatable bonds is 10. The van der Waals surface area contributed by atoms with Crippen LogP contribution < -0.4 is 9.47 Å². The lowest BCUT2D eigenvalue weighted by atomic mass is 10.1. The molecule has 2 saturated heterocycles. The number of hydrogen-bond donors (Lipinski definition) is 0. The van der Waals surface area contributed by atoms with E-state index in [0.29, 0.717) is 0 Å². The third-order valence-corrected chi connectivity index (χ3v) is 7.50. The van der Waals surface area contributed by atoms with Crippen LogP contribution in [0.2, 0.25) is 0 Å². The van der Waals surface area contributed by atoms with Crippen molar-refractivity contribution in [2.45, 2.75) is 57.8 Å². The summed E-state index contributed by atoms with van der Waals surface area (Å²) in [4.78, 5) is 5.17. The SMILES string of the molecule is c1cc2c(cc1OCCCN1CCCCC1)Cc1cc(OCCCN3CCCCC3)ccc1-2. The average Bonchev–Trinajstić information content (AvgIpc) is 3.23. The zero-order valence-electron chi connectivity index (χ0n) is 20.2. The van der Waals surface area contributed by atoms with E-state index in [1.807, 2.05) is 0 Å². The van der Waals surface area contributed by atoms with Crippen LogP contribution in [0.5, 0.6) is 11.5 Å². The number of piperidine rings is 2. The zero-order chi connectivity index (χ0) is 22.3. The second-order valence-corrected chi connectivity index (χ2v) is 10.0. The van der Waals surface area contributed by atoms with Crippen molar-refractivity contribution in [3.63, 3.8) is 0 Å². The molecule has 178 valence electrons. The van der Waals surface area contributed by atoms with E-state index < -0.39 is 0 Å². The monoisotopic (exact) mass is 448 g/mol. The van der Waals surface area contributed by atoms with Gasteiger partial charge < -0.3 is 19.3 Å². The van der Waals surface area contributed by atoms with Gasteiger partial charge in [0, 0.05) is 13.1 Å². The summed E-state index contributed by atoms with van der Waals surface area (Å²) in [7, 11) is 0. The minimum atomic E-state index is 0.803. The molecule has 4 nitrogen and oxygen atoms in total. The van der Waals surface area contributed by atoms with Crippen LogP contribution in [-0.4, -0.2) is 62.3 Å². The first-order valence-electron chi connectivity index (χ1n) is 13.3. The lowest BCUT2D eigenvalue weighted by Crippen LogP contribution is -2.31. The summed E-state index contributed by atoms with van der Waals surface area (Å²) >= 11 is 0. The molecule has 0 spiro atoms. The van der Waals surface area contributed by atoms with Gasteiger partial charge in [-0.15, -0.1) is 0 Å². The summed E-state index contributed by atoms with van der Waals surface area (Å²) in [6.07, 6.45) is 11.4. The van der Waals surface area contributed by atoms with Gasteiger partial charge in [-0.2, -0.15) is 0 Å². The maximum atomic E-state index is 6.11. The highest BCUT2D eigenvalue weighted by molar-refractivity contribution is 5.78. The van der Waals surface area contributed by atoms with E-state index in [0.717, 1.165) is 57.1 Å². The Morgan fingerprint density at radius 2 is 1.03 bits per heavy atom. The third-order valence-electron chi connectivity index (χ3n) is 7.50. The van der Waals surface area contributed by atoms with E-state index in [-0.39, 0.29) is 0 Å². The summed E-state index contributed by atoms with van der Waals surface area (Å²) < 4.78 is 12.2. The lowest BCUT2D eigenvalue weighted by molar-refractivity contribution is 0.205. The first kappa shape index (κ1) is 22.7. The van der Waals surface area contributed by atoms with E-state index in [2.05, 4.69) is 46.2 Å². The Morgan fingerprint density at radius 1 is 0.576 bits per heavy atom. The molecule has 2 heterocycles. The fourth-order valence-corrected chi connectivity index (χ4v) is 5.67. The summed E-state index contributed by atoms with van der Waals surface area (Å²) in [5.41, 5.74) is 5.45. The first-order valence-corrected chi connectivity index (χ1v) is 13.3. The van der Waals surface area contributed by atoms with Crippen molar-refractivity contribution in [2.24, 2.45) is 0 Å². The molecule has 0 radical (unpaired) electrons. The Labute approximate surface area is 199 Å². The first-order chi connectivity index (χ1) is 16.3. The van der Waals surface area contributed by atoms with Gasteiger partial charge in [0.05, 0.1) is 13.2 Å². The minimum Gasteiger partial charge on any atom is -0.494 e. The Kier molecular flexibility index (Phi) is 7.85. The van der Waals surface area contributed by atoms with Crippen molar-refractivity contribution < 1.29 is 9.47 Å². The van der Waals surface area contributed by atoms with Crippen molar-refractivity contribution >= 4 is 0 Å². The summed E-state index contributed by atoms with van der Waals surface area (Å²) in [6.45, 7) is 8.99. The predicted octanol–water partition coefficient (Wildman–Crippen LogP) is 5.77. The van der Waals surface area contributed by atoms with E-state index in [1.54, 1.807) is 0 Å². The highest BCUT2D eigenvalue weighted by Gasteiger charge is 2.20. The van der Waals surface area contributed by atoms with Gasteiger partial charge in [-0.3, -0.25) is 0 Å². The maximum absolute atomic E-state index is 6.11. The molecule has 0 N–H and O–H groups in total. The smallest absolute Gasteiger partial charge is 0.119 e. The number of fused-ring (bicyclic) bond motifs is 3. The number of hydrogen-bond acceptors (Lipinski definition) is 4. The molecule has 0 atom stereocenters. The van der Waals surface area contributed by atoms with Crippen molar-refractivity contribution in [3.8, 4) is 22.6 Å². The standard InChI is InChI=1S/C29H40N2O2/c1-3-13-30(14-4-1)17-7-19-32-26-9-11-28-24(22-26)21-25-23-27(10-12-29(25)28)33-20-8-18-31-15-5-2-6-16-31/h9-12,22-23H,1-8,13-21H2. The molecule has 0 aromatic heterocycles. The van der Waals surface area contributed by atoms with Gasteiger partial charge >= 0.3 is 0 Å². The number of nitrogens with zero attached hydrogens (tertiary/aromatic N) is 2. The molecule has 2 fully saturated rings. The highest BCUT2D eigenvalue weighted by Crippen LogP contribution is 2.39. The van der Waals surface area contributed by atoms with E-state index >= 15 is 0 Å². The van der Waals surface area contributed by atoms with Gasteiger partial charge in [0.1, 0.15) is 11.5 Å². The van der Waals surface area contributed by atoms with E-state index in [4.69, 9.17) is 9.47 Å². The Morgan fingerprint density at radius 3 is 1.48 bits per heavy atom. The van der Waals surface area contributed by atoms with Crippen molar-refractivity contribution in [3.05, 3.63) is 47.5 Å². The topological polar surface area (TPSA) is 24.9 Å². The molecule has 0 bridgehead atoms. The molecule has 33 heavy (non-hydrogen) atoms. The number of benzene rings is 2. The van der Waals surface area contributed by atoms with Gasteiger partial charge in [-0.25, -0.2) is 0 Å². The van der Waals surface area contributed by atoms with Gasteiger partial charge in [0.25, 0.3) is 0 Å². The van der Waals surface area contributed by atoms with E-state index in [9.17, 15) is 0 Å². The molecule has 0 amide bonds. The molecule has 2 aromatic carbocycles. The highest BCUT2D eigenvalue weighted by atomic mass is 16.5. The fourth-order valence-electron chi connectivity index (χ4n) is 5.67. The van der Waals surface area contributed by atoms with Gasteiger partial charge in [-0.1, -0.05) is 25.0 Å². The Hall–Kier alpha value is -2.04. The maximum Gasteiger partial charge on any atom is 0.119 e. The van der Waals surface area contributed by atoms with Crippen molar-refractivity contribution in [2.75, 3.05) is 52.5 Å². The van der Waals surface area contributed by atoms with Crippen LogP contribution in [0.1, 0.15) is 62.5 Å². The molecular weight excluding hydrogens is 408 g/mol. The molecule has 2 aliphatic heterocycles. The van der Waals surface area contributed by atoms with E-state index in [1.165, 1.54) is 87.0 Å². The molecule has 4 heteroatoms. The van der Waals surface area contributed by atoms with Crippen LogP contribution in [0, 0.1) is 0 Å². The number of ether oxygens (including phenoxy) is 2. The van der Waals surface area contributed by atoms with Crippen LogP contribution in [0.15, 0.2) is 36.4 Å². The van der Waals surface area contributed by atoms with Crippen LogP contribution in [-0.2, 0) is 6.42 Å². The van der Waals surface area contributed by atoms with Gasteiger partial charge in [0.15, 0.2) is 0 Å². The molecule has 5 rings (SSSR count). The second kappa shape index (κ2) is 11.4. The summed E-state index contributed by atoms with van der Waals surface area (Å²) in [5.74, 6) is 2.02. The molecule has 0 saturated carbocycles. The molecule has 2 aromatic rings. The van der Waals surface area contributed by atoms with Crippen molar-refractivity contribution in [1.82, 2.24) is 9.80 Å². The van der Waals surface area contributed by atoms with Crippen LogP contribution in [0.4, 0.5) is 0 Å². The summed E-state index contributed by atoms with van der Waals surface area (Å²) in [5, 5.41) is 0. The minimum absolute atomic E-state index is 0.803. The zero-order valence-corrected chi connectivity index (χ0v) is 20.2. The normalized spacial score (nSPS) is 18.7. The Balaban J connectivity index is 1.08. The predicted molar refractivity (Wildman–Crippen MR) is 135 cm³/mol. The fraction of sp³-hybridized carbons (Fsp3) is 0.586. The molecule has 3 aliphatic rings. The molecule has 0 unspecified atom stereocenters. The third kappa shape index (κ3) is 6.10.